The van der Waals surface area contributed by atoms with Gasteiger partial charge in [0, 0.05) is 5.69 Å². The molecule has 2 amide bonds. The van der Waals surface area contributed by atoms with Gasteiger partial charge in [-0.25, -0.2) is 4.79 Å². The van der Waals surface area contributed by atoms with Crippen LogP contribution >= 0.6 is 27.3 Å². The number of hydrogen-bond acceptors (Lipinski definition) is 4. The fourth-order valence-electron chi connectivity index (χ4n) is 1.29. The van der Waals surface area contributed by atoms with E-state index in [-0.39, 0.29) is 10.8 Å². The number of nitrogens with zero attached hydrogens (tertiary/aromatic N) is 2. The molecule has 0 aliphatic rings. The van der Waals surface area contributed by atoms with Crippen molar-refractivity contribution in [1.82, 2.24) is 10.2 Å². The van der Waals surface area contributed by atoms with Crippen molar-refractivity contribution in [3.8, 4) is 0 Å². The number of halogens is 4. The van der Waals surface area contributed by atoms with Crippen molar-refractivity contribution < 1.29 is 18.0 Å². The Morgan fingerprint density at radius 1 is 1.25 bits per heavy atom. The third-order valence-corrected chi connectivity index (χ3v) is 3.34. The normalized spacial score (nSPS) is 11.2. The number of benzene rings is 1. The number of amides is 2. The lowest BCUT2D eigenvalue weighted by Gasteiger charge is -2.09. The Hall–Kier alpha value is -1.68. The molecule has 20 heavy (non-hydrogen) atoms. The van der Waals surface area contributed by atoms with E-state index in [2.05, 4.69) is 36.8 Å². The van der Waals surface area contributed by atoms with Crippen LogP contribution in [-0.2, 0) is 6.18 Å². The minimum atomic E-state index is -4.46. The van der Waals surface area contributed by atoms with Crippen LogP contribution in [0.15, 0.2) is 28.2 Å². The number of nitrogens with one attached hydrogen (secondary N) is 2. The Morgan fingerprint density at radius 3 is 2.60 bits per heavy atom. The number of rotatable bonds is 2. The van der Waals surface area contributed by atoms with Gasteiger partial charge in [-0.2, -0.15) is 13.2 Å². The van der Waals surface area contributed by atoms with Gasteiger partial charge in [0.2, 0.25) is 5.13 Å². The van der Waals surface area contributed by atoms with E-state index in [0.717, 1.165) is 23.5 Å². The summed E-state index contributed by atoms with van der Waals surface area (Å²) in [7, 11) is 0. The number of anilines is 2. The van der Waals surface area contributed by atoms with E-state index in [1.807, 2.05) is 0 Å². The molecule has 1 heterocycles. The molecule has 0 atom stereocenters. The van der Waals surface area contributed by atoms with Crippen molar-refractivity contribution in [1.29, 1.82) is 0 Å². The predicted molar refractivity (Wildman–Crippen MR) is 71.7 cm³/mol. The van der Waals surface area contributed by atoms with Gasteiger partial charge in [-0.3, -0.25) is 5.32 Å². The van der Waals surface area contributed by atoms with E-state index >= 15 is 0 Å². The second-order valence-electron chi connectivity index (χ2n) is 3.52. The molecule has 0 radical (unpaired) electrons. The summed E-state index contributed by atoms with van der Waals surface area (Å²) in [6.45, 7) is 0. The molecule has 106 valence electrons. The molecule has 0 saturated carbocycles. The van der Waals surface area contributed by atoms with Crippen molar-refractivity contribution in [2.24, 2.45) is 0 Å². The molecular weight excluding hydrogens is 361 g/mol. The number of aromatic nitrogens is 2. The van der Waals surface area contributed by atoms with Crippen molar-refractivity contribution in [2.45, 2.75) is 6.18 Å². The average molecular weight is 367 g/mol. The van der Waals surface area contributed by atoms with Crippen molar-refractivity contribution in [2.75, 3.05) is 10.6 Å². The summed E-state index contributed by atoms with van der Waals surface area (Å²) in [6, 6.07) is 3.62. The highest BCUT2D eigenvalue weighted by atomic mass is 79.9. The van der Waals surface area contributed by atoms with Crippen LogP contribution in [0, 0.1) is 0 Å². The molecule has 5 nitrogen and oxygen atoms in total. The van der Waals surface area contributed by atoms with Crippen LogP contribution in [0.2, 0.25) is 0 Å². The molecule has 0 bridgehead atoms. The Balaban J connectivity index is 2.04. The number of urea groups is 1. The van der Waals surface area contributed by atoms with Gasteiger partial charge in [-0.15, -0.1) is 10.2 Å². The minimum absolute atomic E-state index is 0.0286. The second-order valence-corrected chi connectivity index (χ2v) is 5.77. The number of carbonyl (C=O) groups excluding carboxylic acids is 1. The zero-order valence-corrected chi connectivity index (χ0v) is 11.9. The van der Waals surface area contributed by atoms with Gasteiger partial charge in [0.05, 0.1) is 5.56 Å². The van der Waals surface area contributed by atoms with Crippen LogP contribution in [-0.4, -0.2) is 16.2 Å². The summed E-state index contributed by atoms with van der Waals surface area (Å²) in [4.78, 5) is 11.6. The van der Waals surface area contributed by atoms with E-state index in [9.17, 15) is 18.0 Å². The largest absolute Gasteiger partial charge is 0.416 e. The number of alkyl halides is 3. The maximum atomic E-state index is 12.5. The molecule has 0 fully saturated rings. The highest BCUT2D eigenvalue weighted by molar-refractivity contribution is 9.11. The first-order chi connectivity index (χ1) is 9.34. The van der Waals surface area contributed by atoms with Crippen molar-refractivity contribution in [3.05, 3.63) is 33.7 Å². The Morgan fingerprint density at radius 2 is 2.00 bits per heavy atom. The van der Waals surface area contributed by atoms with Crippen molar-refractivity contribution in [3.63, 3.8) is 0 Å². The van der Waals surface area contributed by atoms with E-state index < -0.39 is 17.8 Å². The molecule has 0 saturated heterocycles. The fourth-order valence-corrected chi connectivity index (χ4v) is 2.29. The minimum Gasteiger partial charge on any atom is -0.308 e. The molecular formula is C10H6BrF3N4OS. The molecule has 0 spiro atoms. The molecule has 1 aromatic heterocycles. The first kappa shape index (κ1) is 14.7. The quantitative estimate of drug-likeness (QED) is 0.844. The van der Waals surface area contributed by atoms with Crippen LogP contribution in [0.4, 0.5) is 28.8 Å². The van der Waals surface area contributed by atoms with Gasteiger partial charge in [0.1, 0.15) is 0 Å². The monoisotopic (exact) mass is 366 g/mol. The fraction of sp³-hybridized carbons (Fsp3) is 0.100. The molecule has 2 aromatic rings. The van der Waals surface area contributed by atoms with Gasteiger partial charge in [0.25, 0.3) is 0 Å². The van der Waals surface area contributed by atoms with Gasteiger partial charge < -0.3 is 5.32 Å². The summed E-state index contributed by atoms with van der Waals surface area (Å²) < 4.78 is 38.0. The first-order valence-electron chi connectivity index (χ1n) is 5.09. The highest BCUT2D eigenvalue weighted by Gasteiger charge is 2.30. The SMILES string of the molecule is O=C(Nc1cccc(C(F)(F)F)c1)Nc1nnc(Br)s1. The van der Waals surface area contributed by atoms with E-state index in [4.69, 9.17) is 0 Å². The Bertz CT molecular complexity index is 631. The summed E-state index contributed by atoms with van der Waals surface area (Å²) >= 11 is 4.14. The van der Waals surface area contributed by atoms with E-state index in [1.165, 1.54) is 12.1 Å². The molecule has 0 aliphatic heterocycles. The predicted octanol–water partition coefficient (Wildman–Crippen LogP) is 3.96. The maximum Gasteiger partial charge on any atom is 0.416 e. The average Bonchev–Trinajstić information content (AvgIpc) is 2.73. The lowest BCUT2D eigenvalue weighted by molar-refractivity contribution is -0.137. The smallest absolute Gasteiger partial charge is 0.308 e. The zero-order chi connectivity index (χ0) is 14.8. The molecule has 1 aromatic carbocycles. The molecule has 10 heteroatoms. The molecule has 0 unspecified atom stereocenters. The maximum absolute atomic E-state index is 12.5. The highest BCUT2D eigenvalue weighted by Crippen LogP contribution is 2.30. The summed E-state index contributed by atoms with van der Waals surface area (Å²) in [5, 5.41) is 12.1. The molecule has 0 aliphatic carbocycles. The second kappa shape index (κ2) is 5.75. The van der Waals surface area contributed by atoms with Crippen LogP contribution in [0.3, 0.4) is 0 Å². The van der Waals surface area contributed by atoms with Crippen LogP contribution in [0.5, 0.6) is 0 Å². The summed E-state index contributed by atoms with van der Waals surface area (Å²) in [6.07, 6.45) is -4.46. The lowest BCUT2D eigenvalue weighted by Crippen LogP contribution is -2.19. The Labute approximate surface area is 123 Å². The standard InChI is InChI=1S/C10H6BrF3N4OS/c11-7-17-18-9(20-7)16-8(19)15-6-3-1-2-5(4-6)10(12,13)14/h1-4H,(H2,15,16,18,19). The van der Waals surface area contributed by atoms with E-state index in [1.54, 1.807) is 0 Å². The lowest BCUT2D eigenvalue weighted by atomic mass is 10.2. The number of hydrogen-bond donors (Lipinski definition) is 2. The number of carbonyl (C=O) groups is 1. The van der Waals surface area contributed by atoms with Crippen molar-refractivity contribution >= 4 is 44.1 Å². The van der Waals surface area contributed by atoms with Gasteiger partial charge in [-0.1, -0.05) is 17.4 Å². The topological polar surface area (TPSA) is 66.9 Å². The third-order valence-electron chi connectivity index (χ3n) is 2.07. The van der Waals surface area contributed by atoms with Crippen LogP contribution < -0.4 is 10.6 Å². The van der Waals surface area contributed by atoms with Crippen LogP contribution in [0.25, 0.3) is 0 Å². The van der Waals surface area contributed by atoms with Crippen LogP contribution in [0.1, 0.15) is 5.56 Å². The molecule has 2 rings (SSSR count). The van der Waals surface area contributed by atoms with Gasteiger partial charge in [0.15, 0.2) is 3.92 Å². The van der Waals surface area contributed by atoms with E-state index in [0.29, 0.717) is 3.92 Å². The zero-order valence-electron chi connectivity index (χ0n) is 9.53. The third kappa shape index (κ3) is 3.90. The first-order valence-corrected chi connectivity index (χ1v) is 6.70. The Kier molecular flexibility index (Phi) is 4.23. The van der Waals surface area contributed by atoms with Gasteiger partial charge in [-0.05, 0) is 34.1 Å². The summed E-state index contributed by atoms with van der Waals surface area (Å²) in [5.41, 5.74) is -0.810. The molecule has 2 N–H and O–H groups in total. The van der Waals surface area contributed by atoms with Gasteiger partial charge >= 0.3 is 12.2 Å². The summed E-state index contributed by atoms with van der Waals surface area (Å²) in [5.74, 6) is 0.